The minimum Gasteiger partial charge on any atom is -0.366 e. The highest BCUT2D eigenvalue weighted by atomic mass is 19.1. The van der Waals surface area contributed by atoms with E-state index in [-0.39, 0.29) is 16.9 Å². The first-order valence-electron chi connectivity index (χ1n) is 22.5. The normalized spacial score (nSPS) is 18.0. The van der Waals surface area contributed by atoms with Gasteiger partial charge in [-0.1, -0.05) is 38.6 Å². The van der Waals surface area contributed by atoms with Gasteiger partial charge in [0.2, 0.25) is 11.1 Å². The Balaban J connectivity index is 0.000000189. The summed E-state index contributed by atoms with van der Waals surface area (Å²) in [6.45, 7) is 18.3. The molecule has 0 amide bonds. The van der Waals surface area contributed by atoms with E-state index in [1.807, 2.05) is 97.1 Å². The summed E-state index contributed by atoms with van der Waals surface area (Å²) in [5, 5.41) is 10.2. The molecule has 65 heavy (non-hydrogen) atoms. The predicted molar refractivity (Wildman–Crippen MR) is 265 cm³/mol. The number of piperidine rings is 1. The van der Waals surface area contributed by atoms with Gasteiger partial charge in [0, 0.05) is 90.8 Å². The highest BCUT2D eigenvalue weighted by molar-refractivity contribution is 5.78. The maximum absolute atomic E-state index is 15.2. The molecule has 3 aliphatic heterocycles. The number of halogens is 1. The molecule has 6 aromatic rings. The topological polar surface area (TPSA) is 129 Å². The van der Waals surface area contributed by atoms with Crippen LogP contribution in [0.4, 0.5) is 27.1 Å². The number of hydrogen-bond donors (Lipinski definition) is 5. The highest BCUT2D eigenvalue weighted by Crippen LogP contribution is 2.34. The van der Waals surface area contributed by atoms with Crippen molar-refractivity contribution < 1.29 is 4.39 Å². The number of piperazine rings is 1. The Bertz CT molecular complexity index is 2780. The molecule has 3 aliphatic rings. The Morgan fingerprint density at radius 3 is 2.14 bits per heavy atom. The van der Waals surface area contributed by atoms with Crippen LogP contribution in [0.2, 0.25) is 0 Å². The number of hydrogen-bond acceptors (Lipinski definition) is 9. The molecular weight excluding hydrogens is 816 g/mol. The van der Waals surface area contributed by atoms with Crippen LogP contribution in [0.5, 0.6) is 0 Å². The zero-order valence-corrected chi connectivity index (χ0v) is 38.2. The van der Waals surface area contributed by atoms with Crippen molar-refractivity contribution in [3.63, 3.8) is 0 Å². The summed E-state index contributed by atoms with van der Waals surface area (Å²) in [5.41, 5.74) is 10.0. The quantitative estimate of drug-likeness (QED) is 0.0965. The molecule has 13 heteroatoms. The van der Waals surface area contributed by atoms with Crippen LogP contribution in [0.1, 0.15) is 64.5 Å². The van der Waals surface area contributed by atoms with Gasteiger partial charge in [-0.3, -0.25) is 18.9 Å². The number of aromatic nitrogens is 4. The van der Waals surface area contributed by atoms with E-state index in [4.69, 9.17) is 0 Å². The van der Waals surface area contributed by atoms with Crippen molar-refractivity contribution in [2.24, 2.45) is 0 Å². The van der Waals surface area contributed by atoms with E-state index in [2.05, 4.69) is 92.4 Å². The first kappa shape index (κ1) is 46.0. The largest absolute Gasteiger partial charge is 0.366 e. The van der Waals surface area contributed by atoms with E-state index >= 15 is 4.39 Å². The van der Waals surface area contributed by atoms with Crippen molar-refractivity contribution in [2.75, 3.05) is 48.8 Å². The molecule has 2 unspecified atom stereocenters. The number of H-pyrrole nitrogens is 2. The number of anilines is 4. The van der Waals surface area contributed by atoms with Crippen LogP contribution in [-0.4, -0.2) is 74.5 Å². The number of nitrogens with zero attached hydrogens (tertiary/aromatic N) is 5. The molecule has 0 aliphatic carbocycles. The van der Waals surface area contributed by atoms with E-state index in [1.165, 1.54) is 24.5 Å². The van der Waals surface area contributed by atoms with Crippen molar-refractivity contribution in [1.82, 2.24) is 34.5 Å². The molecule has 2 saturated heterocycles. The maximum atomic E-state index is 15.2. The van der Waals surface area contributed by atoms with Crippen LogP contribution in [0.15, 0.2) is 156 Å². The third kappa shape index (κ3) is 10.7. The van der Waals surface area contributed by atoms with Crippen LogP contribution >= 0.6 is 0 Å². The van der Waals surface area contributed by atoms with Crippen LogP contribution in [0, 0.1) is 5.82 Å². The molecule has 2 aromatic carbocycles. The Morgan fingerprint density at radius 1 is 0.815 bits per heavy atom. The monoisotopic (exact) mass is 876 g/mol. The summed E-state index contributed by atoms with van der Waals surface area (Å²) in [6.07, 6.45) is 17.0. The fraction of sp³-hybridized carbons (Fsp3) is 0.288. The van der Waals surface area contributed by atoms with E-state index in [9.17, 15) is 9.59 Å². The Hall–Kier alpha value is -6.96. The number of fused-ring (bicyclic) bond motifs is 1. The van der Waals surface area contributed by atoms with Crippen molar-refractivity contribution in [2.45, 2.75) is 65.5 Å². The number of nitrogens with one attached hydrogen (secondary N) is 5. The number of benzene rings is 2. The van der Waals surface area contributed by atoms with Gasteiger partial charge in [0.15, 0.2) is 5.65 Å². The van der Waals surface area contributed by atoms with Crippen LogP contribution in [0.25, 0.3) is 22.6 Å². The van der Waals surface area contributed by atoms with Gasteiger partial charge in [-0.15, -0.1) is 0 Å². The van der Waals surface area contributed by atoms with Crippen molar-refractivity contribution >= 4 is 34.1 Å². The molecule has 0 bridgehead atoms. The molecule has 2 atom stereocenters. The zero-order valence-electron chi connectivity index (χ0n) is 38.2. The summed E-state index contributed by atoms with van der Waals surface area (Å²) in [5.74, 6) is 0.402. The van der Waals surface area contributed by atoms with Crippen molar-refractivity contribution in [1.29, 1.82) is 0 Å². The van der Waals surface area contributed by atoms with Gasteiger partial charge >= 0.3 is 0 Å². The lowest BCUT2D eigenvalue weighted by atomic mass is 9.90. The molecule has 0 saturated carbocycles. The lowest BCUT2D eigenvalue weighted by molar-refractivity contribution is 0.169. The second kappa shape index (κ2) is 21.1. The maximum Gasteiger partial charge on any atom is 0.248 e. The second-order valence-corrected chi connectivity index (χ2v) is 16.4. The molecule has 5 N–H and O–H groups in total. The van der Waals surface area contributed by atoms with Crippen LogP contribution in [0.3, 0.4) is 0 Å². The van der Waals surface area contributed by atoms with E-state index < -0.39 is 0 Å². The molecule has 0 radical (unpaired) electrons. The van der Waals surface area contributed by atoms with Gasteiger partial charge in [0.1, 0.15) is 5.82 Å². The highest BCUT2D eigenvalue weighted by Gasteiger charge is 2.28. The number of pyridine rings is 3. The fourth-order valence-electron chi connectivity index (χ4n) is 8.58. The van der Waals surface area contributed by atoms with E-state index in [0.29, 0.717) is 35.1 Å². The Labute approximate surface area is 380 Å². The molecule has 12 nitrogen and oxygen atoms in total. The van der Waals surface area contributed by atoms with Gasteiger partial charge in [-0.05, 0) is 132 Å². The Kier molecular flexibility index (Phi) is 15.0. The van der Waals surface area contributed by atoms with E-state index in [1.54, 1.807) is 30.7 Å². The fourth-order valence-corrected chi connectivity index (χ4v) is 8.58. The second-order valence-electron chi connectivity index (χ2n) is 16.4. The lowest BCUT2D eigenvalue weighted by Gasteiger charge is -2.43. The van der Waals surface area contributed by atoms with Crippen molar-refractivity contribution in [3.05, 3.63) is 184 Å². The first-order valence-corrected chi connectivity index (χ1v) is 22.5. The molecule has 2 fully saturated rings. The average Bonchev–Trinajstić information content (AvgIpc) is 3.82. The molecule has 0 spiro atoms. The number of allylic oxidation sites excluding steroid dienone is 3. The molecule has 7 heterocycles. The summed E-state index contributed by atoms with van der Waals surface area (Å²) < 4.78 is 17.2. The third-order valence-corrected chi connectivity index (χ3v) is 12.2. The Morgan fingerprint density at radius 2 is 1.48 bits per heavy atom. The zero-order chi connectivity index (χ0) is 46.0. The number of aromatic amines is 2. The molecule has 338 valence electrons. The summed E-state index contributed by atoms with van der Waals surface area (Å²) in [7, 11) is 2.12. The minimum atomic E-state index is -0.249. The predicted octanol–water partition coefficient (Wildman–Crippen LogP) is 9.67. The van der Waals surface area contributed by atoms with Gasteiger partial charge < -0.3 is 35.7 Å². The van der Waals surface area contributed by atoms with Crippen LogP contribution in [-0.2, 0) is 0 Å². The molecular formula is C52H61FN10O2. The van der Waals surface area contributed by atoms with Gasteiger partial charge in [-0.25, -0.2) is 9.37 Å². The molecule has 9 rings (SSSR count). The van der Waals surface area contributed by atoms with Crippen LogP contribution < -0.4 is 32.0 Å². The SMILES string of the molecule is C=C1C(Nc2ccc(N3CC(C)N(C)C(C)C3)c(F)c2)=CC=C(c2cc[nH]c(=O)c2)N1/C=C\C.CC.O=c1cc(-c2ccc(Nc3ccc(C4CCNCC4)cc3)c3nccn23)cc[nH]1. The van der Waals surface area contributed by atoms with Crippen molar-refractivity contribution in [3.8, 4) is 11.3 Å². The minimum absolute atomic E-state index is 0.119. The number of imidazole rings is 1. The smallest absolute Gasteiger partial charge is 0.248 e. The average molecular weight is 877 g/mol. The summed E-state index contributed by atoms with van der Waals surface area (Å²) in [6, 6.07) is 25.6. The number of rotatable bonds is 9. The number of likely N-dealkylation sites (N-methyl/N-ethyl adjacent to an activating group) is 1. The molecule has 4 aromatic heterocycles. The van der Waals surface area contributed by atoms with Gasteiger partial charge in [-0.2, -0.15) is 0 Å². The van der Waals surface area contributed by atoms with E-state index in [0.717, 1.165) is 71.4 Å². The summed E-state index contributed by atoms with van der Waals surface area (Å²) >= 11 is 0. The van der Waals surface area contributed by atoms with Gasteiger partial charge in [0.05, 0.1) is 34.2 Å². The third-order valence-electron chi connectivity index (χ3n) is 12.2. The standard InChI is InChI=1S/C27H32FN5O.C23H23N5O.C2H6/c1-6-13-33-20(4)24(8-10-25(33)21-11-12-29-27(34)14-21)30-22-7-9-26(23(28)15-22)32-16-18(2)31(5)19(3)17-32;29-22-15-18(9-12-25-22)21-6-5-20(23-26-13-14-28(21)23)27-19-3-1-16(2-4-19)17-7-10-24-11-8-17;1-2/h6-15,18-19,30H,4,16-17H2,1-3,5H3,(H,29,34);1-6,9,12-15,17,24,27H,7-8,10-11H2,(H,25,29);1-2H3/b13-6-;;. The summed E-state index contributed by atoms with van der Waals surface area (Å²) in [4.78, 5) is 39.7. The lowest BCUT2D eigenvalue weighted by Crippen LogP contribution is -2.55. The van der Waals surface area contributed by atoms with Gasteiger partial charge in [0.25, 0.3) is 0 Å². The first-order chi connectivity index (χ1) is 31.6.